The lowest BCUT2D eigenvalue weighted by Crippen LogP contribution is -2.12. The Bertz CT molecular complexity index is 148. The van der Waals surface area contributed by atoms with Crippen LogP contribution in [0.15, 0.2) is 5.18 Å². The first-order valence-corrected chi connectivity index (χ1v) is 5.18. The van der Waals surface area contributed by atoms with E-state index in [1.54, 1.807) is 0 Å². The molecule has 1 heterocycles. The SMILES string of the molecule is CC(C)(O)N=O.CCCC1CCCO1. The second-order valence-corrected chi connectivity index (χ2v) is 4.01. The second kappa shape index (κ2) is 6.90. The van der Waals surface area contributed by atoms with Crippen LogP contribution in [0.1, 0.15) is 46.5 Å². The average Bonchev–Trinajstić information content (AvgIpc) is 2.58. The van der Waals surface area contributed by atoms with Gasteiger partial charge in [0.25, 0.3) is 0 Å². The molecule has 0 aromatic carbocycles. The van der Waals surface area contributed by atoms with Crippen LogP contribution in [0, 0.1) is 4.91 Å². The van der Waals surface area contributed by atoms with Crippen molar-refractivity contribution in [2.24, 2.45) is 5.18 Å². The Labute approximate surface area is 85.6 Å². The zero-order valence-electron chi connectivity index (χ0n) is 9.32. The summed E-state index contributed by atoms with van der Waals surface area (Å²) in [6, 6.07) is 0. The van der Waals surface area contributed by atoms with Crippen LogP contribution in [0.5, 0.6) is 0 Å². The molecule has 0 aliphatic carbocycles. The van der Waals surface area contributed by atoms with Crippen molar-refractivity contribution in [2.75, 3.05) is 6.61 Å². The number of rotatable bonds is 3. The van der Waals surface area contributed by atoms with E-state index in [0.29, 0.717) is 6.10 Å². The summed E-state index contributed by atoms with van der Waals surface area (Å²) in [7, 11) is 0. The highest BCUT2D eigenvalue weighted by atomic mass is 16.5. The summed E-state index contributed by atoms with van der Waals surface area (Å²) in [5.41, 5.74) is -1.39. The van der Waals surface area contributed by atoms with E-state index in [9.17, 15) is 4.91 Å². The largest absolute Gasteiger partial charge is 0.378 e. The first kappa shape index (κ1) is 13.5. The van der Waals surface area contributed by atoms with Crippen molar-refractivity contribution < 1.29 is 9.84 Å². The van der Waals surface area contributed by atoms with Crippen LogP contribution in [0.2, 0.25) is 0 Å². The molecule has 0 spiro atoms. The summed E-state index contributed by atoms with van der Waals surface area (Å²) >= 11 is 0. The highest BCUT2D eigenvalue weighted by molar-refractivity contribution is 4.62. The number of hydrogen-bond donors (Lipinski definition) is 1. The summed E-state index contributed by atoms with van der Waals surface area (Å²) in [6.45, 7) is 5.85. The van der Waals surface area contributed by atoms with Crippen LogP contribution in [0.25, 0.3) is 0 Å². The van der Waals surface area contributed by atoms with E-state index >= 15 is 0 Å². The first-order valence-electron chi connectivity index (χ1n) is 5.18. The molecule has 1 aliphatic rings. The number of ether oxygens (including phenoxy) is 1. The molecule has 14 heavy (non-hydrogen) atoms. The predicted octanol–water partition coefficient (Wildman–Crippen LogP) is 2.45. The standard InChI is InChI=1S/C7H14O.C3H7NO2/c1-2-4-7-5-3-6-8-7;1-3(2,5)4-6/h7H,2-6H2,1H3;5H,1-2H3. The highest BCUT2D eigenvalue weighted by Crippen LogP contribution is 2.15. The van der Waals surface area contributed by atoms with Gasteiger partial charge in [0, 0.05) is 6.61 Å². The molecule has 1 rings (SSSR count). The zero-order chi connectivity index (χ0) is 11.0. The Balaban J connectivity index is 0.000000255. The molecule has 0 bridgehead atoms. The van der Waals surface area contributed by atoms with Gasteiger partial charge in [-0.25, -0.2) is 0 Å². The fraction of sp³-hybridized carbons (Fsp3) is 1.00. The Morgan fingerprint density at radius 2 is 2.14 bits per heavy atom. The molecular weight excluding hydrogens is 182 g/mol. The van der Waals surface area contributed by atoms with Crippen molar-refractivity contribution >= 4 is 0 Å². The molecule has 4 nitrogen and oxygen atoms in total. The van der Waals surface area contributed by atoms with Gasteiger partial charge < -0.3 is 9.84 Å². The first-order chi connectivity index (χ1) is 6.49. The molecule has 84 valence electrons. The monoisotopic (exact) mass is 203 g/mol. The minimum atomic E-state index is -1.39. The van der Waals surface area contributed by atoms with Crippen LogP contribution >= 0.6 is 0 Å². The minimum absolute atomic E-state index is 0.611. The van der Waals surface area contributed by atoms with Gasteiger partial charge in [-0.3, -0.25) is 0 Å². The lowest BCUT2D eigenvalue weighted by atomic mass is 10.1. The fourth-order valence-electron chi connectivity index (χ4n) is 1.19. The van der Waals surface area contributed by atoms with Crippen molar-refractivity contribution in [3.8, 4) is 0 Å². The van der Waals surface area contributed by atoms with Crippen molar-refractivity contribution in [1.82, 2.24) is 0 Å². The van der Waals surface area contributed by atoms with Gasteiger partial charge in [-0.2, -0.15) is 0 Å². The molecule has 0 radical (unpaired) electrons. The Morgan fingerprint density at radius 3 is 2.43 bits per heavy atom. The van der Waals surface area contributed by atoms with E-state index < -0.39 is 5.72 Å². The van der Waals surface area contributed by atoms with Crippen LogP contribution in [-0.2, 0) is 4.74 Å². The van der Waals surface area contributed by atoms with Crippen molar-refractivity contribution in [2.45, 2.75) is 58.3 Å². The van der Waals surface area contributed by atoms with Crippen molar-refractivity contribution in [3.63, 3.8) is 0 Å². The smallest absolute Gasteiger partial charge is 0.191 e. The number of nitrogens with zero attached hydrogens (tertiary/aromatic N) is 1. The Morgan fingerprint density at radius 1 is 1.57 bits per heavy atom. The molecule has 0 aromatic rings. The molecule has 0 aromatic heterocycles. The summed E-state index contributed by atoms with van der Waals surface area (Å²) < 4.78 is 5.39. The van der Waals surface area contributed by atoms with Crippen LogP contribution < -0.4 is 0 Å². The topological polar surface area (TPSA) is 58.9 Å². The third kappa shape index (κ3) is 8.13. The quantitative estimate of drug-likeness (QED) is 0.717. The Hall–Kier alpha value is -0.480. The van der Waals surface area contributed by atoms with Gasteiger partial charge in [0.05, 0.1) is 6.10 Å². The molecule has 1 N–H and O–H groups in total. The van der Waals surface area contributed by atoms with Crippen molar-refractivity contribution in [1.29, 1.82) is 0 Å². The molecule has 1 saturated heterocycles. The fourth-order valence-corrected chi connectivity index (χ4v) is 1.19. The van der Waals surface area contributed by atoms with Gasteiger partial charge in [-0.05, 0) is 38.3 Å². The summed E-state index contributed by atoms with van der Waals surface area (Å²) in [5, 5.41) is 10.7. The average molecular weight is 203 g/mol. The lowest BCUT2D eigenvalue weighted by molar-refractivity contribution is 0.0889. The highest BCUT2D eigenvalue weighted by Gasteiger charge is 2.12. The minimum Gasteiger partial charge on any atom is -0.378 e. The molecule has 4 heteroatoms. The van der Waals surface area contributed by atoms with Crippen molar-refractivity contribution in [3.05, 3.63) is 4.91 Å². The summed E-state index contributed by atoms with van der Waals surface area (Å²) in [6.07, 6.45) is 5.73. The van der Waals surface area contributed by atoms with Crippen LogP contribution in [-0.4, -0.2) is 23.5 Å². The van der Waals surface area contributed by atoms with Crippen LogP contribution in [0.4, 0.5) is 0 Å². The maximum absolute atomic E-state index is 9.33. The van der Waals surface area contributed by atoms with E-state index in [2.05, 4.69) is 12.1 Å². The molecule has 0 amide bonds. The molecule has 0 saturated carbocycles. The van der Waals surface area contributed by atoms with Gasteiger partial charge in [0.15, 0.2) is 5.72 Å². The van der Waals surface area contributed by atoms with E-state index in [-0.39, 0.29) is 0 Å². The van der Waals surface area contributed by atoms with E-state index in [1.165, 1.54) is 39.5 Å². The summed E-state index contributed by atoms with van der Waals surface area (Å²) in [5.74, 6) is 0. The van der Waals surface area contributed by atoms with Crippen LogP contribution in [0.3, 0.4) is 0 Å². The number of nitroso groups, excluding NO2 is 1. The van der Waals surface area contributed by atoms with E-state index in [1.807, 2.05) is 0 Å². The Kier molecular flexibility index (Phi) is 6.66. The third-order valence-corrected chi connectivity index (χ3v) is 1.86. The molecular formula is C10H21NO3. The predicted molar refractivity (Wildman–Crippen MR) is 56.0 cm³/mol. The summed E-state index contributed by atoms with van der Waals surface area (Å²) in [4.78, 5) is 9.33. The van der Waals surface area contributed by atoms with Gasteiger partial charge in [0.1, 0.15) is 0 Å². The van der Waals surface area contributed by atoms with Gasteiger partial charge in [-0.1, -0.05) is 13.3 Å². The second-order valence-electron chi connectivity index (χ2n) is 4.01. The molecule has 1 atom stereocenters. The zero-order valence-corrected chi connectivity index (χ0v) is 9.32. The van der Waals surface area contributed by atoms with Gasteiger partial charge >= 0.3 is 0 Å². The molecule has 1 aliphatic heterocycles. The number of hydrogen-bond acceptors (Lipinski definition) is 4. The maximum atomic E-state index is 9.33. The normalized spacial score (nSPS) is 21.3. The van der Waals surface area contributed by atoms with E-state index in [4.69, 9.17) is 9.84 Å². The lowest BCUT2D eigenvalue weighted by Gasteiger charge is -2.04. The molecule has 1 unspecified atom stereocenters. The molecule has 1 fully saturated rings. The third-order valence-electron chi connectivity index (χ3n) is 1.86. The van der Waals surface area contributed by atoms with Gasteiger partial charge in [0.2, 0.25) is 0 Å². The van der Waals surface area contributed by atoms with Gasteiger partial charge in [-0.15, -0.1) is 4.91 Å². The van der Waals surface area contributed by atoms with E-state index in [0.717, 1.165) is 6.61 Å². The number of aliphatic hydroxyl groups is 1. The maximum Gasteiger partial charge on any atom is 0.191 e.